The van der Waals surface area contributed by atoms with E-state index in [1.165, 1.54) is 25.7 Å². The van der Waals surface area contributed by atoms with Gasteiger partial charge < -0.3 is 4.74 Å². The van der Waals surface area contributed by atoms with Gasteiger partial charge in [0, 0.05) is 19.2 Å². The summed E-state index contributed by atoms with van der Waals surface area (Å²) < 4.78 is 5.23. The molecule has 3 atom stereocenters. The van der Waals surface area contributed by atoms with E-state index >= 15 is 0 Å². The van der Waals surface area contributed by atoms with Crippen molar-refractivity contribution in [1.29, 1.82) is 0 Å². The smallest absolute Gasteiger partial charge is 0.0618 e. The minimum Gasteiger partial charge on any atom is -0.383 e. The van der Waals surface area contributed by atoms with Crippen LogP contribution in [0.3, 0.4) is 0 Å². The summed E-state index contributed by atoms with van der Waals surface area (Å²) in [6.07, 6.45) is 5.67. The van der Waals surface area contributed by atoms with Crippen LogP contribution in [0.15, 0.2) is 0 Å². The summed E-state index contributed by atoms with van der Waals surface area (Å²) in [4.78, 5) is 2.53. The Kier molecular flexibility index (Phi) is 2.37. The summed E-state index contributed by atoms with van der Waals surface area (Å²) in [6.45, 7) is 0.920. The first-order valence-electron chi connectivity index (χ1n) is 5.02. The summed E-state index contributed by atoms with van der Waals surface area (Å²) in [5.41, 5.74) is 0. The predicted octanol–water partition coefficient (Wildman–Crippen LogP) is 1.51. The molecule has 0 spiro atoms. The first-order valence-corrected chi connectivity index (χ1v) is 5.02. The van der Waals surface area contributed by atoms with Gasteiger partial charge in [-0.1, -0.05) is 0 Å². The molecule has 2 rings (SSSR count). The zero-order valence-corrected chi connectivity index (χ0v) is 8.12. The van der Waals surface area contributed by atoms with Crippen molar-refractivity contribution in [3.8, 4) is 0 Å². The third kappa shape index (κ3) is 1.38. The van der Waals surface area contributed by atoms with E-state index in [0.717, 1.165) is 18.6 Å². The number of likely N-dealkylation sites (tertiary alicyclic amines) is 1. The van der Waals surface area contributed by atoms with Gasteiger partial charge >= 0.3 is 0 Å². The molecule has 1 saturated heterocycles. The number of hydrogen-bond acceptors (Lipinski definition) is 2. The fourth-order valence-electron chi connectivity index (χ4n) is 2.86. The minimum atomic E-state index is 0.696. The molecule has 1 saturated carbocycles. The van der Waals surface area contributed by atoms with E-state index in [1.54, 1.807) is 0 Å². The fourth-order valence-corrected chi connectivity index (χ4v) is 2.86. The molecule has 0 aromatic rings. The number of piperidine rings is 1. The fraction of sp³-hybridized carbons (Fsp3) is 1.00. The summed E-state index contributed by atoms with van der Waals surface area (Å²) in [5.74, 6) is 1.01. The van der Waals surface area contributed by atoms with Crippen molar-refractivity contribution >= 4 is 0 Å². The molecule has 2 fully saturated rings. The summed E-state index contributed by atoms with van der Waals surface area (Å²) in [7, 11) is 4.07. The molecule has 0 N–H and O–H groups in total. The van der Waals surface area contributed by atoms with Gasteiger partial charge in [0.1, 0.15) is 0 Å². The standard InChI is InChI=1S/C10H19NO/c1-11-9-4-3-8(5-9)6-10(11)7-12-2/h8-10H,3-7H2,1-2H3. The van der Waals surface area contributed by atoms with Crippen LogP contribution in [0.1, 0.15) is 25.7 Å². The lowest BCUT2D eigenvalue weighted by atomic mass is 9.93. The summed E-state index contributed by atoms with van der Waals surface area (Å²) in [5, 5.41) is 0. The number of ether oxygens (including phenoxy) is 1. The molecule has 3 unspecified atom stereocenters. The van der Waals surface area contributed by atoms with Crippen LogP contribution in [0.2, 0.25) is 0 Å². The van der Waals surface area contributed by atoms with Crippen molar-refractivity contribution in [2.75, 3.05) is 20.8 Å². The molecule has 0 amide bonds. The van der Waals surface area contributed by atoms with E-state index < -0.39 is 0 Å². The maximum absolute atomic E-state index is 5.23. The summed E-state index contributed by atoms with van der Waals surface area (Å²) in [6, 6.07) is 1.56. The highest BCUT2D eigenvalue weighted by Gasteiger charge is 2.37. The van der Waals surface area contributed by atoms with Crippen LogP contribution in [-0.2, 0) is 4.74 Å². The molecule has 1 aliphatic carbocycles. The van der Waals surface area contributed by atoms with Crippen molar-refractivity contribution in [1.82, 2.24) is 4.90 Å². The largest absolute Gasteiger partial charge is 0.383 e. The van der Waals surface area contributed by atoms with Gasteiger partial charge in [-0.2, -0.15) is 0 Å². The second-order valence-corrected chi connectivity index (χ2v) is 4.34. The Morgan fingerprint density at radius 1 is 1.33 bits per heavy atom. The Labute approximate surface area is 74.9 Å². The predicted molar refractivity (Wildman–Crippen MR) is 49.2 cm³/mol. The molecule has 12 heavy (non-hydrogen) atoms. The zero-order valence-electron chi connectivity index (χ0n) is 8.12. The van der Waals surface area contributed by atoms with E-state index in [1.807, 2.05) is 7.11 Å². The molecule has 2 bridgehead atoms. The maximum atomic E-state index is 5.23. The van der Waals surface area contributed by atoms with Crippen molar-refractivity contribution in [3.05, 3.63) is 0 Å². The number of rotatable bonds is 2. The number of hydrogen-bond donors (Lipinski definition) is 0. The van der Waals surface area contributed by atoms with Crippen LogP contribution in [-0.4, -0.2) is 37.7 Å². The van der Waals surface area contributed by atoms with E-state index in [-0.39, 0.29) is 0 Å². The van der Waals surface area contributed by atoms with Gasteiger partial charge in [-0.25, -0.2) is 0 Å². The molecule has 1 heterocycles. The molecule has 70 valence electrons. The molecule has 1 aliphatic heterocycles. The zero-order chi connectivity index (χ0) is 8.55. The average molecular weight is 169 g/mol. The second-order valence-electron chi connectivity index (χ2n) is 4.34. The Hall–Kier alpha value is -0.0800. The molecular weight excluding hydrogens is 150 g/mol. The lowest BCUT2D eigenvalue weighted by Gasteiger charge is -2.37. The lowest BCUT2D eigenvalue weighted by molar-refractivity contribution is 0.0496. The van der Waals surface area contributed by atoms with Crippen LogP contribution in [0, 0.1) is 5.92 Å². The molecule has 2 nitrogen and oxygen atoms in total. The average Bonchev–Trinajstić information content (AvgIpc) is 2.45. The summed E-state index contributed by atoms with van der Waals surface area (Å²) >= 11 is 0. The van der Waals surface area contributed by atoms with Crippen molar-refractivity contribution in [2.45, 2.75) is 37.8 Å². The number of nitrogens with zero attached hydrogens (tertiary/aromatic N) is 1. The number of likely N-dealkylation sites (N-methyl/N-ethyl adjacent to an activating group) is 1. The topological polar surface area (TPSA) is 12.5 Å². The van der Waals surface area contributed by atoms with Gasteiger partial charge in [0.2, 0.25) is 0 Å². The molecule has 2 heteroatoms. The molecule has 2 aliphatic rings. The van der Waals surface area contributed by atoms with Gasteiger partial charge in [-0.05, 0) is 38.6 Å². The quantitative estimate of drug-likeness (QED) is 0.621. The SMILES string of the molecule is COCC1CC2CCC(C2)N1C. The third-order valence-corrected chi connectivity index (χ3v) is 3.63. The minimum absolute atomic E-state index is 0.696. The normalized spacial score (nSPS) is 42.0. The van der Waals surface area contributed by atoms with Gasteiger partial charge in [0.25, 0.3) is 0 Å². The lowest BCUT2D eigenvalue weighted by Crippen LogP contribution is -2.45. The highest BCUT2D eigenvalue weighted by Crippen LogP contribution is 2.38. The van der Waals surface area contributed by atoms with E-state index in [9.17, 15) is 0 Å². The van der Waals surface area contributed by atoms with Gasteiger partial charge in [-0.3, -0.25) is 4.90 Å². The van der Waals surface area contributed by atoms with Crippen LogP contribution in [0.25, 0.3) is 0 Å². The van der Waals surface area contributed by atoms with E-state index in [4.69, 9.17) is 4.74 Å². The molecule has 0 radical (unpaired) electrons. The van der Waals surface area contributed by atoms with Crippen molar-refractivity contribution < 1.29 is 4.74 Å². The van der Waals surface area contributed by atoms with Gasteiger partial charge in [0.05, 0.1) is 6.61 Å². The third-order valence-electron chi connectivity index (χ3n) is 3.63. The Morgan fingerprint density at radius 3 is 2.92 bits per heavy atom. The monoisotopic (exact) mass is 169 g/mol. The van der Waals surface area contributed by atoms with E-state index in [0.29, 0.717) is 6.04 Å². The van der Waals surface area contributed by atoms with Crippen molar-refractivity contribution in [2.24, 2.45) is 5.92 Å². The van der Waals surface area contributed by atoms with Gasteiger partial charge in [0.15, 0.2) is 0 Å². The Morgan fingerprint density at radius 2 is 2.17 bits per heavy atom. The first-order chi connectivity index (χ1) is 5.81. The van der Waals surface area contributed by atoms with Crippen LogP contribution in [0.5, 0.6) is 0 Å². The highest BCUT2D eigenvalue weighted by molar-refractivity contribution is 4.92. The van der Waals surface area contributed by atoms with Gasteiger partial charge in [-0.15, -0.1) is 0 Å². The molecule has 0 aromatic carbocycles. The first kappa shape index (κ1) is 8.52. The maximum Gasteiger partial charge on any atom is 0.0618 e. The molecular formula is C10H19NO. The van der Waals surface area contributed by atoms with E-state index in [2.05, 4.69) is 11.9 Å². The van der Waals surface area contributed by atoms with Crippen LogP contribution >= 0.6 is 0 Å². The van der Waals surface area contributed by atoms with Crippen LogP contribution in [0.4, 0.5) is 0 Å². The van der Waals surface area contributed by atoms with Crippen molar-refractivity contribution in [3.63, 3.8) is 0 Å². The Bertz CT molecular complexity index is 160. The number of fused-ring (bicyclic) bond motifs is 2. The Balaban J connectivity index is 1.98. The van der Waals surface area contributed by atoms with Crippen LogP contribution < -0.4 is 0 Å². The highest BCUT2D eigenvalue weighted by atomic mass is 16.5. The second kappa shape index (κ2) is 3.35. The molecule has 0 aromatic heterocycles. The number of methoxy groups -OCH3 is 1.